The molecule has 2 fully saturated rings. The normalized spacial score (nSPS) is 21.2. The number of halogens is 1. The standard InChI is InChI=1S/C24H25FN2O5/c1-31-17-6-4-5-16(15-17)22(28)20-21(18-7-2-3-8-19(18)25)27(24(30)23(20)29)10-9-26-11-13-32-14-12-26/h2-8,15,21,28H,9-14H2,1H3/b22-20+. The van der Waals surface area contributed by atoms with Crippen LogP contribution in [0, 0.1) is 5.82 Å². The van der Waals surface area contributed by atoms with Gasteiger partial charge < -0.3 is 19.5 Å². The predicted molar refractivity (Wildman–Crippen MR) is 116 cm³/mol. The summed E-state index contributed by atoms with van der Waals surface area (Å²) in [6.07, 6.45) is 0. The Kier molecular flexibility index (Phi) is 6.53. The molecule has 1 amide bonds. The van der Waals surface area contributed by atoms with Gasteiger partial charge in [0.1, 0.15) is 17.3 Å². The monoisotopic (exact) mass is 440 g/mol. The van der Waals surface area contributed by atoms with E-state index in [0.717, 1.165) is 13.1 Å². The lowest BCUT2D eigenvalue weighted by Gasteiger charge is -2.31. The second-order valence-corrected chi connectivity index (χ2v) is 7.70. The minimum atomic E-state index is -1.02. The molecule has 32 heavy (non-hydrogen) atoms. The highest BCUT2D eigenvalue weighted by Crippen LogP contribution is 2.40. The molecule has 2 saturated heterocycles. The van der Waals surface area contributed by atoms with Gasteiger partial charge in [0.2, 0.25) is 0 Å². The van der Waals surface area contributed by atoms with Crippen LogP contribution >= 0.6 is 0 Å². The summed E-state index contributed by atoms with van der Waals surface area (Å²) in [6.45, 7) is 3.38. The predicted octanol–water partition coefficient (Wildman–Crippen LogP) is 2.59. The zero-order chi connectivity index (χ0) is 22.7. The van der Waals surface area contributed by atoms with E-state index >= 15 is 0 Å². The number of likely N-dealkylation sites (tertiary alicyclic amines) is 1. The van der Waals surface area contributed by atoms with Gasteiger partial charge in [-0.05, 0) is 18.2 Å². The summed E-state index contributed by atoms with van der Waals surface area (Å²) in [6, 6.07) is 11.5. The Morgan fingerprint density at radius 1 is 1.12 bits per heavy atom. The number of benzene rings is 2. The van der Waals surface area contributed by atoms with Gasteiger partial charge in [0.25, 0.3) is 11.7 Å². The van der Waals surface area contributed by atoms with E-state index in [2.05, 4.69) is 4.90 Å². The largest absolute Gasteiger partial charge is 0.507 e. The minimum absolute atomic E-state index is 0.129. The van der Waals surface area contributed by atoms with Crippen LogP contribution in [0.3, 0.4) is 0 Å². The van der Waals surface area contributed by atoms with Crippen LogP contribution in [-0.4, -0.2) is 73.1 Å². The van der Waals surface area contributed by atoms with Crippen LogP contribution in [0.4, 0.5) is 4.39 Å². The van der Waals surface area contributed by atoms with Crippen molar-refractivity contribution >= 4 is 17.4 Å². The number of aliphatic hydroxyl groups excluding tert-OH is 1. The molecular weight excluding hydrogens is 415 g/mol. The zero-order valence-electron chi connectivity index (χ0n) is 17.8. The highest BCUT2D eigenvalue weighted by Gasteiger charge is 2.46. The van der Waals surface area contributed by atoms with Gasteiger partial charge in [0.15, 0.2) is 0 Å². The third kappa shape index (κ3) is 4.24. The van der Waals surface area contributed by atoms with Gasteiger partial charge in [-0.2, -0.15) is 0 Å². The van der Waals surface area contributed by atoms with E-state index in [1.807, 2.05) is 0 Å². The first-order chi connectivity index (χ1) is 15.5. The average molecular weight is 440 g/mol. The van der Waals surface area contributed by atoms with Gasteiger partial charge in [-0.15, -0.1) is 0 Å². The topological polar surface area (TPSA) is 79.3 Å². The number of nitrogens with zero attached hydrogens (tertiary/aromatic N) is 2. The highest BCUT2D eigenvalue weighted by molar-refractivity contribution is 6.46. The van der Waals surface area contributed by atoms with Gasteiger partial charge in [0.05, 0.1) is 31.9 Å². The van der Waals surface area contributed by atoms with E-state index in [4.69, 9.17) is 9.47 Å². The summed E-state index contributed by atoms with van der Waals surface area (Å²) in [7, 11) is 1.49. The van der Waals surface area contributed by atoms with Crippen LogP contribution in [-0.2, 0) is 14.3 Å². The molecule has 1 unspecified atom stereocenters. The molecule has 2 aromatic carbocycles. The number of amides is 1. The molecule has 1 N–H and O–H groups in total. The molecule has 0 aliphatic carbocycles. The van der Waals surface area contributed by atoms with E-state index in [-0.39, 0.29) is 23.4 Å². The SMILES string of the molecule is COc1cccc(/C(O)=C2\C(=O)C(=O)N(CCN3CCOCC3)C2c2ccccc2F)c1. The summed E-state index contributed by atoms with van der Waals surface area (Å²) in [5.74, 6) is -2.01. The molecule has 0 radical (unpaired) electrons. The van der Waals surface area contributed by atoms with Crippen LogP contribution in [0.25, 0.3) is 5.76 Å². The number of aliphatic hydroxyl groups is 1. The first-order valence-electron chi connectivity index (χ1n) is 10.5. The zero-order valence-corrected chi connectivity index (χ0v) is 17.8. The molecule has 1 atom stereocenters. The Morgan fingerprint density at radius 2 is 1.88 bits per heavy atom. The maximum atomic E-state index is 14.8. The summed E-state index contributed by atoms with van der Waals surface area (Å²) >= 11 is 0. The third-order valence-corrected chi connectivity index (χ3v) is 5.84. The summed E-state index contributed by atoms with van der Waals surface area (Å²) in [5.41, 5.74) is 0.352. The average Bonchev–Trinajstić information content (AvgIpc) is 3.08. The van der Waals surface area contributed by atoms with Gasteiger partial charge in [-0.25, -0.2) is 4.39 Å². The molecule has 0 saturated carbocycles. The fourth-order valence-electron chi connectivity index (χ4n) is 4.13. The molecule has 2 aliphatic rings. The van der Waals surface area contributed by atoms with E-state index in [0.29, 0.717) is 31.1 Å². The van der Waals surface area contributed by atoms with Crippen molar-refractivity contribution in [3.63, 3.8) is 0 Å². The van der Waals surface area contributed by atoms with Crippen LogP contribution in [0.5, 0.6) is 5.75 Å². The molecule has 2 aliphatic heterocycles. The molecule has 168 valence electrons. The third-order valence-electron chi connectivity index (χ3n) is 5.84. The quantitative estimate of drug-likeness (QED) is 0.423. The number of methoxy groups -OCH3 is 1. The van der Waals surface area contributed by atoms with Gasteiger partial charge in [-0.3, -0.25) is 14.5 Å². The van der Waals surface area contributed by atoms with E-state index in [1.54, 1.807) is 36.4 Å². The smallest absolute Gasteiger partial charge is 0.295 e. The van der Waals surface area contributed by atoms with Crippen LogP contribution in [0.15, 0.2) is 54.1 Å². The Hall–Kier alpha value is -3.23. The number of carbonyl (C=O) groups is 2. The molecule has 0 bridgehead atoms. The molecule has 0 aromatic heterocycles. The number of Topliss-reactive ketones (excluding diaryl/α,β-unsaturated/α-hetero) is 1. The molecule has 0 spiro atoms. The number of morpholine rings is 1. The van der Waals surface area contributed by atoms with Crippen molar-refractivity contribution in [2.45, 2.75) is 6.04 Å². The molecule has 4 rings (SSSR count). The van der Waals surface area contributed by atoms with Gasteiger partial charge >= 0.3 is 0 Å². The van der Waals surface area contributed by atoms with Crippen molar-refractivity contribution in [3.8, 4) is 5.75 Å². The summed E-state index contributed by atoms with van der Waals surface area (Å²) in [4.78, 5) is 29.5. The first-order valence-corrected chi connectivity index (χ1v) is 10.5. The lowest BCUT2D eigenvalue weighted by atomic mass is 9.95. The molecule has 7 nitrogen and oxygen atoms in total. The second kappa shape index (κ2) is 9.50. The second-order valence-electron chi connectivity index (χ2n) is 7.70. The maximum Gasteiger partial charge on any atom is 0.295 e. The number of hydrogen-bond donors (Lipinski definition) is 1. The number of hydrogen-bond acceptors (Lipinski definition) is 6. The molecule has 8 heteroatoms. The van der Waals surface area contributed by atoms with Crippen molar-refractivity contribution in [2.75, 3.05) is 46.5 Å². The van der Waals surface area contributed by atoms with Crippen molar-refractivity contribution in [2.24, 2.45) is 0 Å². The highest BCUT2D eigenvalue weighted by atomic mass is 19.1. The van der Waals surface area contributed by atoms with Crippen LogP contribution in [0.1, 0.15) is 17.2 Å². The van der Waals surface area contributed by atoms with Crippen LogP contribution < -0.4 is 4.74 Å². The van der Waals surface area contributed by atoms with Crippen molar-refractivity contribution in [3.05, 3.63) is 71.0 Å². The van der Waals surface area contributed by atoms with Crippen molar-refractivity contribution in [1.29, 1.82) is 0 Å². The number of rotatable bonds is 6. The molecule has 2 heterocycles. The Bertz CT molecular complexity index is 1050. The van der Waals surface area contributed by atoms with Crippen molar-refractivity contribution < 1.29 is 28.6 Å². The van der Waals surface area contributed by atoms with E-state index in [9.17, 15) is 19.1 Å². The summed E-state index contributed by atoms with van der Waals surface area (Å²) < 4.78 is 25.4. The fourth-order valence-corrected chi connectivity index (χ4v) is 4.13. The first kappa shape index (κ1) is 22.0. The Morgan fingerprint density at radius 3 is 2.59 bits per heavy atom. The van der Waals surface area contributed by atoms with E-state index in [1.165, 1.54) is 24.1 Å². The van der Waals surface area contributed by atoms with Gasteiger partial charge in [0, 0.05) is 37.3 Å². The Balaban J connectivity index is 1.76. The Labute approximate surface area is 185 Å². The number of ketones is 1. The minimum Gasteiger partial charge on any atom is -0.507 e. The lowest BCUT2D eigenvalue weighted by Crippen LogP contribution is -2.42. The van der Waals surface area contributed by atoms with Gasteiger partial charge in [-0.1, -0.05) is 30.3 Å². The summed E-state index contributed by atoms with van der Waals surface area (Å²) in [5, 5.41) is 11.1. The maximum absolute atomic E-state index is 14.8. The number of ether oxygens (including phenoxy) is 2. The van der Waals surface area contributed by atoms with Crippen LogP contribution in [0.2, 0.25) is 0 Å². The lowest BCUT2D eigenvalue weighted by molar-refractivity contribution is -0.140. The molecule has 2 aromatic rings. The van der Waals surface area contributed by atoms with Crippen molar-refractivity contribution in [1.82, 2.24) is 9.80 Å². The fraction of sp³-hybridized carbons (Fsp3) is 0.333. The number of carbonyl (C=O) groups excluding carboxylic acids is 2. The molecular formula is C24H25FN2O5. The van der Waals surface area contributed by atoms with E-state index < -0.39 is 23.5 Å².